The first kappa shape index (κ1) is 11.2. The maximum absolute atomic E-state index is 10.0. The van der Waals surface area contributed by atoms with Crippen molar-refractivity contribution in [3.05, 3.63) is 0 Å². The monoisotopic (exact) mass is 176 g/mol. The molecule has 5 heteroatoms. The molecule has 0 aliphatic heterocycles. The van der Waals surface area contributed by atoms with Gasteiger partial charge in [-0.25, -0.2) is 4.79 Å². The maximum Gasteiger partial charge on any atom is 0.406 e. The fraction of sp³-hybridized carbons (Fsp3) is 0.857. The Balaban J connectivity index is 2.96. The molecule has 0 fully saturated rings. The highest BCUT2D eigenvalue weighted by Gasteiger charge is 1.95. The van der Waals surface area contributed by atoms with Crippen molar-refractivity contribution in [2.45, 2.75) is 25.8 Å². The van der Waals surface area contributed by atoms with Crippen molar-refractivity contribution in [3.8, 4) is 0 Å². The van der Waals surface area contributed by atoms with E-state index in [-0.39, 0.29) is 12.8 Å². The molecule has 4 N–H and O–H groups in total. The Bertz CT molecular complexity index is 128. The third-order valence-electron chi connectivity index (χ3n) is 1.23. The van der Waals surface area contributed by atoms with Crippen LogP contribution in [0.3, 0.4) is 0 Å². The van der Waals surface area contributed by atoms with Gasteiger partial charge in [-0.1, -0.05) is 0 Å². The Morgan fingerprint density at radius 2 is 2.25 bits per heavy atom. The number of amides is 1. The second-order valence-corrected chi connectivity index (χ2v) is 2.61. The van der Waals surface area contributed by atoms with E-state index in [0.29, 0.717) is 6.61 Å². The van der Waals surface area contributed by atoms with Gasteiger partial charge in [0.1, 0.15) is 0 Å². The van der Waals surface area contributed by atoms with Gasteiger partial charge >= 0.3 is 6.09 Å². The van der Waals surface area contributed by atoms with Gasteiger partial charge in [0.25, 0.3) is 0 Å². The topological polar surface area (TPSA) is 87.6 Å². The molecule has 0 saturated carbocycles. The maximum atomic E-state index is 10.0. The van der Waals surface area contributed by atoms with Gasteiger partial charge in [-0.3, -0.25) is 0 Å². The zero-order chi connectivity index (χ0) is 9.40. The van der Waals surface area contributed by atoms with Crippen LogP contribution < -0.4 is 11.5 Å². The van der Waals surface area contributed by atoms with Gasteiger partial charge < -0.3 is 20.9 Å². The van der Waals surface area contributed by atoms with E-state index in [1.54, 1.807) is 0 Å². The second-order valence-electron chi connectivity index (χ2n) is 2.61. The van der Waals surface area contributed by atoms with Gasteiger partial charge in [-0.2, -0.15) is 0 Å². The molecule has 72 valence electrons. The van der Waals surface area contributed by atoms with E-state index in [9.17, 15) is 4.79 Å². The molecule has 0 bridgehead atoms. The fourth-order valence-corrected chi connectivity index (χ4v) is 0.666. The van der Waals surface area contributed by atoms with Crippen LogP contribution in [0.25, 0.3) is 0 Å². The molecule has 0 heterocycles. The highest BCUT2D eigenvalue weighted by molar-refractivity contribution is 5.64. The van der Waals surface area contributed by atoms with Crippen molar-refractivity contribution in [1.82, 2.24) is 0 Å². The summed E-state index contributed by atoms with van der Waals surface area (Å²) in [6.45, 7) is 2.39. The normalized spacial score (nSPS) is 12.5. The van der Waals surface area contributed by atoms with Crippen LogP contribution in [0.15, 0.2) is 0 Å². The molecule has 12 heavy (non-hydrogen) atoms. The van der Waals surface area contributed by atoms with Crippen molar-refractivity contribution < 1.29 is 14.3 Å². The smallest absolute Gasteiger partial charge is 0.406 e. The van der Waals surface area contributed by atoms with E-state index in [1.807, 2.05) is 6.92 Å². The van der Waals surface area contributed by atoms with E-state index in [0.717, 1.165) is 12.8 Å². The van der Waals surface area contributed by atoms with E-state index in [2.05, 4.69) is 4.74 Å². The molecule has 0 aromatic heterocycles. The lowest BCUT2D eigenvalue weighted by Gasteiger charge is -2.05. The second kappa shape index (κ2) is 6.87. The molecule has 1 unspecified atom stereocenters. The van der Waals surface area contributed by atoms with Gasteiger partial charge in [0.05, 0.1) is 6.61 Å². The summed E-state index contributed by atoms with van der Waals surface area (Å²) < 4.78 is 9.25. The fourth-order valence-electron chi connectivity index (χ4n) is 0.666. The van der Waals surface area contributed by atoms with Crippen LogP contribution in [-0.4, -0.2) is 25.5 Å². The summed E-state index contributed by atoms with van der Waals surface area (Å²) in [6.07, 6.45) is 0.943. The van der Waals surface area contributed by atoms with Gasteiger partial charge in [0.15, 0.2) is 6.79 Å². The Kier molecular flexibility index (Phi) is 6.41. The average Bonchev–Trinajstić information content (AvgIpc) is 1.95. The van der Waals surface area contributed by atoms with Gasteiger partial charge in [0, 0.05) is 6.04 Å². The van der Waals surface area contributed by atoms with Crippen molar-refractivity contribution >= 4 is 6.09 Å². The lowest BCUT2D eigenvalue weighted by molar-refractivity contribution is -0.0132. The Morgan fingerprint density at radius 1 is 1.58 bits per heavy atom. The van der Waals surface area contributed by atoms with E-state index >= 15 is 0 Å². The average molecular weight is 176 g/mol. The van der Waals surface area contributed by atoms with Crippen LogP contribution in [0.1, 0.15) is 19.8 Å². The summed E-state index contributed by atoms with van der Waals surface area (Å²) in [7, 11) is 0. The van der Waals surface area contributed by atoms with E-state index in [4.69, 9.17) is 16.2 Å². The molecule has 0 aliphatic carbocycles. The Labute approximate surface area is 72.0 Å². The molecule has 0 rings (SSSR count). The number of hydrogen-bond donors (Lipinski definition) is 2. The standard InChI is InChI=1S/C7H16N2O3/c1-6(8)3-2-4-11-5-12-7(9)10/h6H,2-5,8H2,1H3,(H2,9,10). The van der Waals surface area contributed by atoms with Gasteiger partial charge in [0.2, 0.25) is 0 Å². The third kappa shape index (κ3) is 9.19. The molecular weight excluding hydrogens is 160 g/mol. The van der Waals surface area contributed by atoms with Crippen LogP contribution >= 0.6 is 0 Å². The molecule has 0 spiro atoms. The van der Waals surface area contributed by atoms with Gasteiger partial charge in [-0.05, 0) is 19.8 Å². The number of carbonyl (C=O) groups is 1. The number of hydrogen-bond acceptors (Lipinski definition) is 4. The number of nitrogens with two attached hydrogens (primary N) is 2. The minimum atomic E-state index is -0.817. The lowest BCUT2D eigenvalue weighted by Crippen LogP contribution is -2.17. The summed E-state index contributed by atoms with van der Waals surface area (Å²) in [6, 6.07) is 0.186. The van der Waals surface area contributed by atoms with Crippen molar-refractivity contribution in [1.29, 1.82) is 0 Å². The van der Waals surface area contributed by atoms with Crippen LogP contribution in [0, 0.1) is 0 Å². The summed E-state index contributed by atoms with van der Waals surface area (Å²) in [5, 5.41) is 0. The highest BCUT2D eigenvalue weighted by Crippen LogP contribution is 1.93. The lowest BCUT2D eigenvalue weighted by atomic mass is 10.2. The minimum Gasteiger partial charge on any atom is -0.422 e. The first-order valence-electron chi connectivity index (χ1n) is 3.88. The minimum absolute atomic E-state index is 0.0751. The van der Waals surface area contributed by atoms with E-state index < -0.39 is 6.09 Å². The molecular formula is C7H16N2O3. The number of primary amides is 1. The van der Waals surface area contributed by atoms with Crippen LogP contribution in [0.2, 0.25) is 0 Å². The number of ether oxygens (including phenoxy) is 2. The van der Waals surface area contributed by atoms with Crippen LogP contribution in [0.4, 0.5) is 4.79 Å². The summed E-state index contributed by atoms with van der Waals surface area (Å²) in [4.78, 5) is 10.0. The number of rotatable bonds is 6. The molecule has 5 nitrogen and oxygen atoms in total. The van der Waals surface area contributed by atoms with Crippen LogP contribution in [-0.2, 0) is 9.47 Å². The Hall–Kier alpha value is -0.810. The largest absolute Gasteiger partial charge is 0.422 e. The van der Waals surface area contributed by atoms with Crippen molar-refractivity contribution in [3.63, 3.8) is 0 Å². The zero-order valence-electron chi connectivity index (χ0n) is 7.29. The quantitative estimate of drug-likeness (QED) is 0.446. The Morgan fingerprint density at radius 3 is 2.75 bits per heavy atom. The zero-order valence-corrected chi connectivity index (χ0v) is 7.29. The molecule has 0 aliphatic rings. The third-order valence-corrected chi connectivity index (χ3v) is 1.23. The predicted octanol–water partition coefficient (Wildman–Crippen LogP) is 0.183. The van der Waals surface area contributed by atoms with Crippen molar-refractivity contribution in [2.24, 2.45) is 11.5 Å². The summed E-state index contributed by atoms with van der Waals surface area (Å²) >= 11 is 0. The highest BCUT2D eigenvalue weighted by atomic mass is 16.7. The molecule has 0 saturated heterocycles. The van der Waals surface area contributed by atoms with Crippen LogP contribution in [0.5, 0.6) is 0 Å². The SMILES string of the molecule is CC(N)CCCOCOC(N)=O. The molecule has 0 aromatic rings. The van der Waals surface area contributed by atoms with E-state index in [1.165, 1.54) is 0 Å². The molecule has 1 amide bonds. The first-order chi connectivity index (χ1) is 5.63. The molecule has 0 aromatic carbocycles. The number of carbonyl (C=O) groups excluding carboxylic acids is 1. The van der Waals surface area contributed by atoms with Gasteiger partial charge in [-0.15, -0.1) is 0 Å². The summed E-state index contributed by atoms with van der Waals surface area (Å²) in [5.74, 6) is 0. The summed E-state index contributed by atoms with van der Waals surface area (Å²) in [5.41, 5.74) is 10.2. The molecule has 0 radical (unpaired) electrons. The molecule has 1 atom stereocenters. The first-order valence-corrected chi connectivity index (χ1v) is 3.88. The predicted molar refractivity (Wildman–Crippen MR) is 44.4 cm³/mol. The van der Waals surface area contributed by atoms with Crippen molar-refractivity contribution in [2.75, 3.05) is 13.4 Å².